The van der Waals surface area contributed by atoms with Crippen molar-refractivity contribution in [3.63, 3.8) is 0 Å². The zero-order valence-electron chi connectivity index (χ0n) is 25.5. The fourth-order valence-electron chi connectivity index (χ4n) is 5.42. The summed E-state index contributed by atoms with van der Waals surface area (Å²) in [6.45, 7) is 4.90. The number of aliphatic hydroxyl groups is 1. The molecular formula is C36H33N3O5S2. The summed E-state index contributed by atoms with van der Waals surface area (Å²) < 4.78 is 12.6. The summed E-state index contributed by atoms with van der Waals surface area (Å²) in [4.78, 5) is 28.7. The van der Waals surface area contributed by atoms with Crippen LogP contribution in [0.2, 0.25) is 0 Å². The number of thioether (sulfide) groups is 1. The van der Waals surface area contributed by atoms with E-state index in [9.17, 15) is 14.7 Å². The van der Waals surface area contributed by atoms with Crippen molar-refractivity contribution in [1.82, 2.24) is 10.2 Å². The van der Waals surface area contributed by atoms with E-state index >= 15 is 0 Å². The number of Topliss-reactive ketones (excluding diaryl/α,β-unsaturated/α-hetero) is 1. The third-order valence-corrected chi connectivity index (χ3v) is 9.77. The molecule has 0 saturated carbocycles. The molecule has 0 spiro atoms. The first-order chi connectivity index (χ1) is 22.5. The van der Waals surface area contributed by atoms with Crippen LogP contribution >= 0.6 is 23.1 Å². The second kappa shape index (κ2) is 14.2. The molecule has 1 fully saturated rings. The normalized spacial score (nSPS) is 15.9. The monoisotopic (exact) mass is 651 g/mol. The molecule has 1 aromatic heterocycles. The van der Waals surface area contributed by atoms with Gasteiger partial charge in [0.15, 0.2) is 15.8 Å². The molecular weight excluding hydrogens is 619 g/mol. The number of anilines is 1. The van der Waals surface area contributed by atoms with Crippen LogP contribution in [0.3, 0.4) is 0 Å². The van der Waals surface area contributed by atoms with E-state index in [2.05, 4.69) is 41.4 Å². The lowest BCUT2D eigenvalue weighted by molar-refractivity contribution is -0.132. The Balaban J connectivity index is 1.38. The quantitative estimate of drug-likeness (QED) is 0.0360. The van der Waals surface area contributed by atoms with Crippen LogP contribution in [-0.2, 0) is 15.3 Å². The van der Waals surface area contributed by atoms with Crippen molar-refractivity contribution in [2.75, 3.05) is 18.1 Å². The maximum Gasteiger partial charge on any atom is 0.301 e. The number of nitrogens with zero attached hydrogens (tertiary/aromatic N) is 3. The zero-order valence-corrected chi connectivity index (χ0v) is 27.1. The van der Waals surface area contributed by atoms with E-state index in [-0.39, 0.29) is 16.5 Å². The molecule has 46 heavy (non-hydrogen) atoms. The van der Waals surface area contributed by atoms with Gasteiger partial charge in [-0.3, -0.25) is 14.5 Å². The summed E-state index contributed by atoms with van der Waals surface area (Å²) in [6, 6.07) is 27.5. The average molecular weight is 652 g/mol. The Morgan fingerprint density at radius 1 is 0.913 bits per heavy atom. The van der Waals surface area contributed by atoms with Crippen LogP contribution in [0.4, 0.5) is 5.13 Å². The highest BCUT2D eigenvalue weighted by molar-refractivity contribution is 8.00. The lowest BCUT2D eigenvalue weighted by Crippen LogP contribution is -2.29. The Bertz CT molecular complexity index is 1900. The Hall–Kier alpha value is -4.67. The van der Waals surface area contributed by atoms with Crippen molar-refractivity contribution in [3.8, 4) is 11.5 Å². The van der Waals surface area contributed by atoms with Gasteiger partial charge in [0, 0.05) is 11.3 Å². The average Bonchev–Trinajstić information content (AvgIpc) is 3.66. The molecule has 2 heterocycles. The highest BCUT2D eigenvalue weighted by Gasteiger charge is 2.48. The van der Waals surface area contributed by atoms with Crippen molar-refractivity contribution in [2.45, 2.75) is 42.8 Å². The molecule has 4 aromatic carbocycles. The molecule has 8 nitrogen and oxygen atoms in total. The van der Waals surface area contributed by atoms with E-state index < -0.39 is 17.7 Å². The predicted octanol–water partition coefficient (Wildman–Crippen LogP) is 8.19. The van der Waals surface area contributed by atoms with Crippen molar-refractivity contribution >= 4 is 56.5 Å². The first-order valence-electron chi connectivity index (χ1n) is 15.2. The van der Waals surface area contributed by atoms with Gasteiger partial charge in [0.2, 0.25) is 5.13 Å². The number of fused-ring (bicyclic) bond motifs is 1. The standard InChI is InChI=1S/C36H33N3O5S2/c1-3-5-20-44-28-19-18-25(21-29(28)43-4-2)31-30(32(40)24-13-7-6-8-14-24)33(41)34(42)39(31)35-37-38-36(46-35)45-22-26-16-11-15-23-12-9-10-17-27(23)26/h6-19,21,31,40H,3-5,20,22H2,1-2H3/b32-30+. The minimum absolute atomic E-state index is 0.0292. The molecule has 0 bridgehead atoms. The molecule has 0 radical (unpaired) electrons. The van der Waals surface area contributed by atoms with Gasteiger partial charge in [0.1, 0.15) is 5.76 Å². The SMILES string of the molecule is CCCCOc1ccc(C2/C(=C(\O)c3ccccc3)C(=O)C(=O)N2c2nnc(SCc3cccc4ccccc34)s2)cc1OCC. The first kappa shape index (κ1) is 31.3. The van der Waals surface area contributed by atoms with Crippen LogP contribution in [0, 0.1) is 0 Å². The van der Waals surface area contributed by atoms with Crippen molar-refractivity contribution in [3.05, 3.63) is 113 Å². The molecule has 1 unspecified atom stereocenters. The van der Waals surface area contributed by atoms with Gasteiger partial charge in [0.05, 0.1) is 24.8 Å². The Morgan fingerprint density at radius 3 is 2.50 bits per heavy atom. The van der Waals surface area contributed by atoms with Gasteiger partial charge in [-0.25, -0.2) is 0 Å². The lowest BCUT2D eigenvalue weighted by Gasteiger charge is -2.23. The van der Waals surface area contributed by atoms with Gasteiger partial charge in [0.25, 0.3) is 5.78 Å². The molecule has 1 aliphatic rings. The Labute approximate surface area is 275 Å². The second-order valence-corrected chi connectivity index (χ2v) is 12.8. The minimum atomic E-state index is -0.965. The van der Waals surface area contributed by atoms with Crippen LogP contribution in [-0.4, -0.2) is 40.2 Å². The highest BCUT2D eigenvalue weighted by Crippen LogP contribution is 2.45. The Kier molecular flexibility index (Phi) is 9.65. The molecule has 0 aliphatic carbocycles. The summed E-state index contributed by atoms with van der Waals surface area (Å²) in [7, 11) is 0. The Morgan fingerprint density at radius 2 is 1.70 bits per heavy atom. The number of rotatable bonds is 12. The number of aromatic nitrogens is 2. The maximum atomic E-state index is 13.7. The van der Waals surface area contributed by atoms with Crippen LogP contribution in [0.1, 0.15) is 49.4 Å². The largest absolute Gasteiger partial charge is 0.507 e. The zero-order chi connectivity index (χ0) is 32.0. The number of unbranched alkanes of at least 4 members (excludes halogenated alkanes) is 1. The third kappa shape index (κ3) is 6.36. The summed E-state index contributed by atoms with van der Waals surface area (Å²) in [5.74, 6) is -0.128. The van der Waals surface area contributed by atoms with E-state index in [4.69, 9.17) is 9.47 Å². The van der Waals surface area contributed by atoms with E-state index in [1.165, 1.54) is 33.4 Å². The summed E-state index contributed by atoms with van der Waals surface area (Å²) in [5.41, 5.74) is 2.13. The molecule has 6 rings (SSSR count). The van der Waals surface area contributed by atoms with Gasteiger partial charge in [-0.15, -0.1) is 10.2 Å². The predicted molar refractivity (Wildman–Crippen MR) is 183 cm³/mol. The summed E-state index contributed by atoms with van der Waals surface area (Å²) in [6.07, 6.45) is 1.88. The van der Waals surface area contributed by atoms with Gasteiger partial charge in [-0.05, 0) is 47.4 Å². The van der Waals surface area contributed by atoms with Crippen LogP contribution < -0.4 is 14.4 Å². The van der Waals surface area contributed by atoms with Gasteiger partial charge in [-0.2, -0.15) is 0 Å². The molecule has 1 N–H and O–H groups in total. The fraction of sp³-hybridized carbons (Fsp3) is 0.222. The summed E-state index contributed by atoms with van der Waals surface area (Å²) in [5, 5.41) is 22.8. The molecule has 1 amide bonds. The number of carbonyl (C=O) groups excluding carboxylic acids is 2. The maximum absolute atomic E-state index is 13.7. The smallest absolute Gasteiger partial charge is 0.301 e. The number of ether oxygens (including phenoxy) is 2. The number of hydrogen-bond acceptors (Lipinski definition) is 9. The topological polar surface area (TPSA) is 102 Å². The minimum Gasteiger partial charge on any atom is -0.507 e. The number of aliphatic hydroxyl groups excluding tert-OH is 1. The van der Waals surface area contributed by atoms with Crippen molar-refractivity contribution < 1.29 is 24.2 Å². The second-order valence-electron chi connectivity index (χ2n) is 10.7. The van der Waals surface area contributed by atoms with Gasteiger partial charge >= 0.3 is 5.91 Å². The third-order valence-electron chi connectivity index (χ3n) is 7.66. The molecule has 5 aromatic rings. The van der Waals surface area contributed by atoms with Gasteiger partial charge < -0.3 is 14.6 Å². The molecule has 1 saturated heterocycles. The number of ketones is 1. The number of benzene rings is 4. The number of carbonyl (C=O) groups is 2. The van der Waals surface area contributed by atoms with E-state index in [1.54, 1.807) is 42.5 Å². The molecule has 1 aliphatic heterocycles. The number of hydrogen-bond donors (Lipinski definition) is 1. The van der Waals surface area contributed by atoms with E-state index in [0.29, 0.717) is 45.9 Å². The van der Waals surface area contributed by atoms with Crippen LogP contribution in [0.15, 0.2) is 101 Å². The van der Waals surface area contributed by atoms with Crippen LogP contribution in [0.25, 0.3) is 16.5 Å². The highest BCUT2D eigenvalue weighted by atomic mass is 32.2. The van der Waals surface area contributed by atoms with Crippen molar-refractivity contribution in [2.24, 2.45) is 0 Å². The molecule has 1 atom stereocenters. The van der Waals surface area contributed by atoms with E-state index in [1.807, 2.05) is 31.2 Å². The van der Waals surface area contributed by atoms with Gasteiger partial charge in [-0.1, -0.05) is 115 Å². The van der Waals surface area contributed by atoms with Crippen LogP contribution in [0.5, 0.6) is 11.5 Å². The number of amides is 1. The van der Waals surface area contributed by atoms with E-state index in [0.717, 1.165) is 23.8 Å². The molecule has 10 heteroatoms. The summed E-state index contributed by atoms with van der Waals surface area (Å²) >= 11 is 2.75. The van der Waals surface area contributed by atoms with Crippen molar-refractivity contribution in [1.29, 1.82) is 0 Å². The fourth-order valence-corrected chi connectivity index (χ4v) is 7.29. The lowest BCUT2D eigenvalue weighted by atomic mass is 9.95. The molecule has 234 valence electrons. The first-order valence-corrected chi connectivity index (χ1v) is 17.0.